The molecule has 1 aliphatic rings. The molecule has 21 heavy (non-hydrogen) atoms. The molecule has 1 unspecified atom stereocenters. The van der Waals surface area contributed by atoms with E-state index in [-0.39, 0.29) is 15.8 Å². The lowest BCUT2D eigenvalue weighted by molar-refractivity contribution is -0.384. The number of nitro benzene ring substituents is 1. The summed E-state index contributed by atoms with van der Waals surface area (Å²) in [4.78, 5) is 24.0. The Labute approximate surface area is 129 Å². The molecule has 1 aromatic rings. The smallest absolute Gasteiger partial charge is 0.328 e. The molecule has 0 saturated carbocycles. The number of ether oxygens (including phenoxy) is 1. The van der Waals surface area contributed by atoms with E-state index in [0.29, 0.717) is 13.0 Å². The number of carbonyl (C=O) groups is 1. The molecule has 1 saturated heterocycles. The third-order valence-corrected chi connectivity index (χ3v) is 4.11. The number of rotatable bonds is 3. The van der Waals surface area contributed by atoms with Crippen LogP contribution in [0.3, 0.4) is 0 Å². The Morgan fingerprint density at radius 2 is 2.24 bits per heavy atom. The molecule has 1 fully saturated rings. The van der Waals surface area contributed by atoms with Gasteiger partial charge in [-0.05, 0) is 41.3 Å². The highest BCUT2D eigenvalue weighted by molar-refractivity contribution is 9.10. The molecule has 2 rings (SSSR count). The zero-order valence-corrected chi connectivity index (χ0v) is 12.9. The molecule has 0 aromatic heterocycles. The quantitative estimate of drug-likeness (QED) is 0.470. The van der Waals surface area contributed by atoms with Crippen LogP contribution in [0.25, 0.3) is 0 Å². The number of piperidine rings is 1. The summed E-state index contributed by atoms with van der Waals surface area (Å²) >= 11 is 3.03. The number of halogens is 2. The van der Waals surface area contributed by atoms with Crippen LogP contribution in [0.2, 0.25) is 0 Å². The summed E-state index contributed by atoms with van der Waals surface area (Å²) in [5.74, 6) is -1.15. The maximum absolute atomic E-state index is 13.5. The predicted molar refractivity (Wildman–Crippen MR) is 77.8 cm³/mol. The van der Waals surface area contributed by atoms with Gasteiger partial charge in [0.05, 0.1) is 22.6 Å². The molecule has 0 bridgehead atoms. The van der Waals surface area contributed by atoms with Crippen LogP contribution in [0, 0.1) is 15.9 Å². The van der Waals surface area contributed by atoms with Crippen LogP contribution < -0.4 is 4.90 Å². The lowest BCUT2D eigenvalue weighted by Crippen LogP contribution is -2.45. The number of benzene rings is 1. The fourth-order valence-corrected chi connectivity index (χ4v) is 2.83. The molecule has 1 heterocycles. The van der Waals surface area contributed by atoms with Crippen LogP contribution in [0.1, 0.15) is 19.3 Å². The van der Waals surface area contributed by atoms with Crippen molar-refractivity contribution >= 4 is 33.3 Å². The van der Waals surface area contributed by atoms with Crippen molar-refractivity contribution in [3.8, 4) is 0 Å². The van der Waals surface area contributed by atoms with Crippen molar-refractivity contribution in [2.75, 3.05) is 18.6 Å². The standard InChI is InChI=1S/C13H14BrFN2O4/c1-21-13(18)10-4-2-3-5-16(10)11-6-8(14)9(15)7-12(11)17(19)20/h6-7,10H,2-5H2,1H3. The van der Waals surface area contributed by atoms with E-state index in [9.17, 15) is 19.3 Å². The normalized spacial score (nSPS) is 18.4. The molecule has 0 aliphatic carbocycles. The first kappa shape index (κ1) is 15.7. The summed E-state index contributed by atoms with van der Waals surface area (Å²) in [6, 6.07) is 1.62. The number of hydrogen-bond acceptors (Lipinski definition) is 5. The summed E-state index contributed by atoms with van der Waals surface area (Å²) < 4.78 is 18.4. The highest BCUT2D eigenvalue weighted by Crippen LogP contribution is 2.36. The van der Waals surface area contributed by atoms with Crippen molar-refractivity contribution < 1.29 is 18.8 Å². The van der Waals surface area contributed by atoms with Crippen LogP contribution in [0.15, 0.2) is 16.6 Å². The van der Waals surface area contributed by atoms with Crippen molar-refractivity contribution in [3.63, 3.8) is 0 Å². The summed E-state index contributed by atoms with van der Waals surface area (Å²) in [7, 11) is 1.28. The monoisotopic (exact) mass is 360 g/mol. The fourth-order valence-electron chi connectivity index (χ4n) is 2.50. The van der Waals surface area contributed by atoms with Gasteiger partial charge >= 0.3 is 5.97 Å². The Bertz CT molecular complexity index is 582. The van der Waals surface area contributed by atoms with Crippen molar-refractivity contribution in [3.05, 3.63) is 32.5 Å². The zero-order valence-electron chi connectivity index (χ0n) is 11.3. The molecule has 6 nitrogen and oxygen atoms in total. The van der Waals surface area contributed by atoms with E-state index in [1.54, 1.807) is 4.90 Å². The first-order valence-electron chi connectivity index (χ1n) is 6.43. The average molecular weight is 361 g/mol. The first-order chi connectivity index (χ1) is 9.95. The third-order valence-electron chi connectivity index (χ3n) is 3.50. The molecule has 1 aromatic carbocycles. The average Bonchev–Trinajstić information content (AvgIpc) is 2.48. The number of nitro groups is 1. The summed E-state index contributed by atoms with van der Waals surface area (Å²) in [5, 5.41) is 11.2. The van der Waals surface area contributed by atoms with Gasteiger partial charge in [-0.3, -0.25) is 10.1 Å². The second-order valence-corrected chi connectivity index (χ2v) is 5.59. The molecule has 0 spiro atoms. The van der Waals surface area contributed by atoms with Gasteiger partial charge in [0.1, 0.15) is 17.5 Å². The molecule has 1 aliphatic heterocycles. The Morgan fingerprint density at radius 3 is 2.86 bits per heavy atom. The van der Waals surface area contributed by atoms with E-state index in [1.807, 2.05) is 0 Å². The van der Waals surface area contributed by atoms with Crippen molar-refractivity contribution in [1.82, 2.24) is 0 Å². The molecule has 1 atom stereocenters. The van der Waals surface area contributed by atoms with E-state index >= 15 is 0 Å². The van der Waals surface area contributed by atoms with Gasteiger partial charge in [-0.15, -0.1) is 0 Å². The van der Waals surface area contributed by atoms with Gasteiger partial charge in [0.2, 0.25) is 0 Å². The van der Waals surface area contributed by atoms with Gasteiger partial charge in [-0.1, -0.05) is 0 Å². The molecule has 0 radical (unpaired) electrons. The van der Waals surface area contributed by atoms with E-state index in [1.165, 1.54) is 13.2 Å². The Morgan fingerprint density at radius 1 is 1.52 bits per heavy atom. The predicted octanol–water partition coefficient (Wildman–Crippen LogP) is 3.03. The highest BCUT2D eigenvalue weighted by Gasteiger charge is 2.34. The molecule has 0 amide bonds. The van der Waals surface area contributed by atoms with Crippen LogP contribution >= 0.6 is 15.9 Å². The number of hydrogen-bond donors (Lipinski definition) is 0. The van der Waals surface area contributed by atoms with E-state index in [4.69, 9.17) is 4.74 Å². The molecule has 8 heteroatoms. The number of carbonyl (C=O) groups excluding carboxylic acids is 1. The lowest BCUT2D eigenvalue weighted by atomic mass is 10.0. The topological polar surface area (TPSA) is 72.7 Å². The van der Waals surface area contributed by atoms with Crippen molar-refractivity contribution in [1.29, 1.82) is 0 Å². The van der Waals surface area contributed by atoms with Crippen LogP contribution in [0.5, 0.6) is 0 Å². The number of methoxy groups -OCH3 is 1. The van der Waals surface area contributed by atoms with E-state index in [2.05, 4.69) is 15.9 Å². The minimum absolute atomic E-state index is 0.122. The molecular formula is C13H14BrFN2O4. The lowest BCUT2D eigenvalue weighted by Gasteiger charge is -2.35. The number of nitrogens with zero attached hydrogens (tertiary/aromatic N) is 2. The van der Waals surface area contributed by atoms with Crippen LogP contribution in [0.4, 0.5) is 15.8 Å². The highest BCUT2D eigenvalue weighted by atomic mass is 79.9. The summed E-state index contributed by atoms with van der Waals surface area (Å²) in [6.45, 7) is 0.485. The van der Waals surface area contributed by atoms with Gasteiger partial charge in [0.15, 0.2) is 0 Å². The van der Waals surface area contributed by atoms with Crippen molar-refractivity contribution in [2.24, 2.45) is 0 Å². The van der Waals surface area contributed by atoms with Gasteiger partial charge in [-0.2, -0.15) is 0 Å². The Balaban J connectivity index is 2.49. The maximum Gasteiger partial charge on any atom is 0.328 e. The second-order valence-electron chi connectivity index (χ2n) is 4.74. The SMILES string of the molecule is COC(=O)C1CCCCN1c1cc(Br)c(F)cc1[N+](=O)[O-]. The molecular weight excluding hydrogens is 347 g/mol. The minimum Gasteiger partial charge on any atom is -0.467 e. The minimum atomic E-state index is -0.711. The Hall–Kier alpha value is -1.70. The molecule has 114 valence electrons. The molecule has 0 N–H and O–H groups in total. The second kappa shape index (κ2) is 6.38. The summed E-state index contributed by atoms with van der Waals surface area (Å²) in [6.07, 6.45) is 2.20. The first-order valence-corrected chi connectivity index (χ1v) is 7.23. The van der Waals surface area contributed by atoms with Crippen molar-refractivity contribution in [2.45, 2.75) is 25.3 Å². The summed E-state index contributed by atoms with van der Waals surface area (Å²) in [5.41, 5.74) is -0.130. The van der Waals surface area contributed by atoms with Crippen LogP contribution in [-0.4, -0.2) is 30.6 Å². The van der Waals surface area contributed by atoms with Crippen LogP contribution in [-0.2, 0) is 9.53 Å². The van der Waals surface area contributed by atoms with Gasteiger partial charge in [0, 0.05) is 6.54 Å². The largest absolute Gasteiger partial charge is 0.467 e. The Kier molecular flexibility index (Phi) is 4.76. The van der Waals surface area contributed by atoms with E-state index in [0.717, 1.165) is 18.9 Å². The van der Waals surface area contributed by atoms with Gasteiger partial charge < -0.3 is 9.64 Å². The van der Waals surface area contributed by atoms with Gasteiger partial charge in [0.25, 0.3) is 5.69 Å². The van der Waals surface area contributed by atoms with E-state index < -0.39 is 22.8 Å². The fraction of sp³-hybridized carbons (Fsp3) is 0.462. The number of anilines is 1. The maximum atomic E-state index is 13.5. The third kappa shape index (κ3) is 3.15. The van der Waals surface area contributed by atoms with Gasteiger partial charge in [-0.25, -0.2) is 9.18 Å². The number of esters is 1. The zero-order chi connectivity index (χ0) is 15.6.